The smallest absolute Gasteiger partial charge is 0.0793 e. The van der Waals surface area contributed by atoms with Gasteiger partial charge in [-0.2, -0.15) is 0 Å². The topological polar surface area (TPSA) is 9.23 Å². The number of hydrogen-bond donors (Lipinski definition) is 0. The van der Waals surface area contributed by atoms with E-state index in [0.29, 0.717) is 0 Å². The van der Waals surface area contributed by atoms with Crippen LogP contribution in [0.4, 0.5) is 0 Å². The summed E-state index contributed by atoms with van der Waals surface area (Å²) in [6.07, 6.45) is 7.06. The second-order valence-corrected chi connectivity index (χ2v) is 3.29. The standard InChI is InChI=1S/C14H18O/c1-3-8-14(15-4-2)12-11-13-9-6-5-7-10-13/h3,5-7,9-12,14H,1,4,8H2,2H3. The molecule has 0 saturated carbocycles. The van der Waals surface area contributed by atoms with E-state index in [1.54, 1.807) is 0 Å². The summed E-state index contributed by atoms with van der Waals surface area (Å²) < 4.78 is 5.55. The monoisotopic (exact) mass is 202 g/mol. The van der Waals surface area contributed by atoms with Gasteiger partial charge in [-0.25, -0.2) is 0 Å². The lowest BCUT2D eigenvalue weighted by atomic mass is 10.1. The summed E-state index contributed by atoms with van der Waals surface area (Å²) in [5.74, 6) is 0. The SMILES string of the molecule is C=CCC(C=Cc1ccccc1)OCC. The molecule has 0 bridgehead atoms. The van der Waals surface area contributed by atoms with Gasteiger partial charge in [0.25, 0.3) is 0 Å². The van der Waals surface area contributed by atoms with E-state index < -0.39 is 0 Å². The minimum atomic E-state index is 0.146. The molecular formula is C14H18O. The van der Waals surface area contributed by atoms with Gasteiger partial charge in [0.2, 0.25) is 0 Å². The van der Waals surface area contributed by atoms with Crippen LogP contribution in [0.25, 0.3) is 6.08 Å². The Morgan fingerprint density at radius 1 is 1.33 bits per heavy atom. The van der Waals surface area contributed by atoms with E-state index >= 15 is 0 Å². The van der Waals surface area contributed by atoms with Gasteiger partial charge in [0.15, 0.2) is 0 Å². The molecule has 0 aliphatic rings. The van der Waals surface area contributed by atoms with Crippen molar-refractivity contribution in [1.29, 1.82) is 0 Å². The Hall–Kier alpha value is -1.34. The van der Waals surface area contributed by atoms with Gasteiger partial charge in [0, 0.05) is 6.61 Å². The molecule has 0 aromatic heterocycles. The second kappa shape index (κ2) is 7.02. The molecule has 0 aliphatic carbocycles. The zero-order valence-corrected chi connectivity index (χ0v) is 9.23. The molecule has 0 radical (unpaired) electrons. The van der Waals surface area contributed by atoms with Crippen molar-refractivity contribution in [2.24, 2.45) is 0 Å². The fourth-order valence-corrected chi connectivity index (χ4v) is 1.36. The first-order valence-corrected chi connectivity index (χ1v) is 5.32. The number of benzene rings is 1. The predicted octanol–water partition coefficient (Wildman–Crippen LogP) is 3.68. The normalized spacial score (nSPS) is 12.9. The van der Waals surface area contributed by atoms with Crippen molar-refractivity contribution in [3.8, 4) is 0 Å². The van der Waals surface area contributed by atoms with Gasteiger partial charge < -0.3 is 4.74 Å². The first-order chi connectivity index (χ1) is 7.36. The van der Waals surface area contributed by atoms with Crippen molar-refractivity contribution >= 4 is 6.08 Å². The third-order valence-electron chi connectivity index (χ3n) is 2.08. The lowest BCUT2D eigenvalue weighted by Crippen LogP contribution is -2.07. The summed E-state index contributed by atoms with van der Waals surface area (Å²) >= 11 is 0. The van der Waals surface area contributed by atoms with E-state index in [2.05, 4.69) is 30.9 Å². The average molecular weight is 202 g/mol. The minimum absolute atomic E-state index is 0.146. The van der Waals surface area contributed by atoms with Crippen molar-refractivity contribution < 1.29 is 4.74 Å². The van der Waals surface area contributed by atoms with Crippen LogP contribution in [0, 0.1) is 0 Å². The Balaban J connectivity index is 2.56. The molecule has 0 heterocycles. The molecule has 0 amide bonds. The molecule has 1 aromatic carbocycles. The highest BCUT2D eigenvalue weighted by Crippen LogP contribution is 2.06. The van der Waals surface area contributed by atoms with Gasteiger partial charge in [-0.05, 0) is 18.9 Å². The summed E-state index contributed by atoms with van der Waals surface area (Å²) in [7, 11) is 0. The van der Waals surface area contributed by atoms with E-state index in [1.165, 1.54) is 5.56 Å². The van der Waals surface area contributed by atoms with Crippen LogP contribution in [-0.4, -0.2) is 12.7 Å². The first-order valence-electron chi connectivity index (χ1n) is 5.32. The van der Waals surface area contributed by atoms with Crippen LogP contribution < -0.4 is 0 Å². The Kier molecular flexibility index (Phi) is 5.49. The van der Waals surface area contributed by atoms with Crippen molar-refractivity contribution in [1.82, 2.24) is 0 Å². The molecule has 0 saturated heterocycles. The second-order valence-electron chi connectivity index (χ2n) is 3.29. The first kappa shape index (κ1) is 11.7. The van der Waals surface area contributed by atoms with Crippen molar-refractivity contribution in [2.45, 2.75) is 19.4 Å². The Morgan fingerprint density at radius 2 is 2.07 bits per heavy atom. The van der Waals surface area contributed by atoms with Crippen LogP contribution in [0.2, 0.25) is 0 Å². The maximum absolute atomic E-state index is 5.55. The third kappa shape index (κ3) is 4.61. The van der Waals surface area contributed by atoms with Gasteiger partial charge in [-0.3, -0.25) is 0 Å². The highest BCUT2D eigenvalue weighted by Gasteiger charge is 1.99. The van der Waals surface area contributed by atoms with E-state index in [-0.39, 0.29) is 6.10 Å². The van der Waals surface area contributed by atoms with Crippen LogP contribution in [0.5, 0.6) is 0 Å². The fraction of sp³-hybridized carbons (Fsp3) is 0.286. The molecular weight excluding hydrogens is 184 g/mol. The molecule has 1 nitrogen and oxygen atoms in total. The Bertz CT molecular complexity index is 300. The largest absolute Gasteiger partial charge is 0.374 e. The van der Waals surface area contributed by atoms with Gasteiger partial charge in [0.1, 0.15) is 0 Å². The van der Waals surface area contributed by atoms with Crippen LogP contribution in [-0.2, 0) is 4.74 Å². The predicted molar refractivity (Wildman–Crippen MR) is 65.7 cm³/mol. The zero-order valence-electron chi connectivity index (χ0n) is 9.23. The lowest BCUT2D eigenvalue weighted by molar-refractivity contribution is 0.0991. The molecule has 1 rings (SSSR count). The molecule has 1 aromatic rings. The van der Waals surface area contributed by atoms with Gasteiger partial charge in [0.05, 0.1) is 6.10 Å². The van der Waals surface area contributed by atoms with Crippen LogP contribution in [0.1, 0.15) is 18.9 Å². The van der Waals surface area contributed by atoms with E-state index in [4.69, 9.17) is 4.74 Å². The van der Waals surface area contributed by atoms with Gasteiger partial charge in [-0.1, -0.05) is 48.6 Å². The molecule has 0 N–H and O–H groups in total. The van der Waals surface area contributed by atoms with Crippen LogP contribution in [0.15, 0.2) is 49.1 Å². The summed E-state index contributed by atoms with van der Waals surface area (Å²) in [5.41, 5.74) is 1.20. The summed E-state index contributed by atoms with van der Waals surface area (Å²) in [6.45, 7) is 6.46. The minimum Gasteiger partial charge on any atom is -0.374 e. The summed E-state index contributed by atoms with van der Waals surface area (Å²) in [5, 5.41) is 0. The molecule has 0 fully saturated rings. The maximum Gasteiger partial charge on any atom is 0.0793 e. The molecule has 0 spiro atoms. The van der Waals surface area contributed by atoms with Crippen molar-refractivity contribution in [2.75, 3.05) is 6.61 Å². The van der Waals surface area contributed by atoms with Crippen LogP contribution in [0.3, 0.4) is 0 Å². The number of ether oxygens (including phenoxy) is 1. The summed E-state index contributed by atoms with van der Waals surface area (Å²) in [4.78, 5) is 0. The lowest BCUT2D eigenvalue weighted by Gasteiger charge is -2.09. The fourth-order valence-electron chi connectivity index (χ4n) is 1.36. The molecule has 1 heteroatoms. The van der Waals surface area contributed by atoms with Gasteiger partial charge >= 0.3 is 0 Å². The van der Waals surface area contributed by atoms with Crippen LogP contribution >= 0.6 is 0 Å². The highest BCUT2D eigenvalue weighted by molar-refractivity contribution is 5.49. The number of rotatable bonds is 6. The van der Waals surface area contributed by atoms with Crippen molar-refractivity contribution in [3.63, 3.8) is 0 Å². The molecule has 0 aliphatic heterocycles. The molecule has 1 atom stereocenters. The Labute approximate surface area is 92.1 Å². The van der Waals surface area contributed by atoms with Crippen molar-refractivity contribution in [3.05, 3.63) is 54.6 Å². The average Bonchev–Trinajstić information content (AvgIpc) is 2.28. The highest BCUT2D eigenvalue weighted by atomic mass is 16.5. The summed E-state index contributed by atoms with van der Waals surface area (Å²) in [6, 6.07) is 10.2. The van der Waals surface area contributed by atoms with E-state index in [9.17, 15) is 0 Å². The van der Waals surface area contributed by atoms with Gasteiger partial charge in [-0.15, -0.1) is 6.58 Å². The molecule has 1 unspecified atom stereocenters. The van der Waals surface area contributed by atoms with E-state index in [0.717, 1.165) is 13.0 Å². The maximum atomic E-state index is 5.55. The van der Waals surface area contributed by atoms with E-state index in [1.807, 2.05) is 31.2 Å². The quantitative estimate of drug-likeness (QED) is 0.639. The molecule has 80 valence electrons. The Morgan fingerprint density at radius 3 is 2.67 bits per heavy atom. The molecule has 15 heavy (non-hydrogen) atoms. The third-order valence-corrected chi connectivity index (χ3v) is 2.08. The number of hydrogen-bond acceptors (Lipinski definition) is 1. The zero-order chi connectivity index (χ0) is 10.9.